The maximum atomic E-state index is 12.8. The fourth-order valence-corrected chi connectivity index (χ4v) is 2.34. The molecule has 0 atom stereocenters. The van der Waals surface area contributed by atoms with Crippen molar-refractivity contribution in [2.45, 2.75) is 6.18 Å². The van der Waals surface area contributed by atoms with Gasteiger partial charge in [-0.1, -0.05) is 0 Å². The van der Waals surface area contributed by atoms with Gasteiger partial charge in [0.25, 0.3) is 0 Å². The Hall–Kier alpha value is -2.02. The van der Waals surface area contributed by atoms with Gasteiger partial charge >= 0.3 is 6.18 Å². The Morgan fingerprint density at radius 3 is 2.57 bits per heavy atom. The molecular formula is C14H8BrF3N2O. The first-order chi connectivity index (χ1) is 9.84. The number of alkyl halides is 3. The van der Waals surface area contributed by atoms with Crippen LogP contribution in [-0.4, -0.2) is 4.98 Å². The third-order valence-corrected chi connectivity index (χ3v) is 3.63. The number of hydrogen-bond donors (Lipinski definition) is 1. The second kappa shape index (κ2) is 4.77. The highest BCUT2D eigenvalue weighted by molar-refractivity contribution is 9.10. The van der Waals surface area contributed by atoms with E-state index in [1.165, 1.54) is 6.07 Å². The van der Waals surface area contributed by atoms with Crippen LogP contribution in [0.2, 0.25) is 0 Å². The third-order valence-electron chi connectivity index (χ3n) is 2.94. The van der Waals surface area contributed by atoms with Gasteiger partial charge in [-0.3, -0.25) is 0 Å². The van der Waals surface area contributed by atoms with E-state index in [-0.39, 0.29) is 11.5 Å². The number of nitrogen functional groups attached to an aromatic ring is 1. The molecule has 0 aliphatic carbocycles. The molecule has 0 aliphatic rings. The topological polar surface area (TPSA) is 52.0 Å². The molecule has 0 bridgehead atoms. The zero-order valence-electron chi connectivity index (χ0n) is 10.4. The van der Waals surface area contributed by atoms with Gasteiger partial charge in [-0.25, -0.2) is 4.98 Å². The second-order valence-electron chi connectivity index (χ2n) is 4.44. The number of fused-ring (bicyclic) bond motifs is 1. The Bertz CT molecular complexity index is 827. The lowest BCUT2D eigenvalue weighted by Crippen LogP contribution is -2.04. The molecule has 108 valence electrons. The largest absolute Gasteiger partial charge is 0.436 e. The Balaban J connectivity index is 2.17. The standard InChI is InChI=1S/C14H8BrF3N2O/c15-10-3-1-7(14(16,17)18)5-9(10)13-20-11-4-2-8(19)6-12(11)21-13/h1-6H,19H2. The molecule has 21 heavy (non-hydrogen) atoms. The maximum Gasteiger partial charge on any atom is 0.416 e. The summed E-state index contributed by atoms with van der Waals surface area (Å²) in [5.41, 5.74) is 6.56. The van der Waals surface area contributed by atoms with Gasteiger partial charge in [-0.2, -0.15) is 13.2 Å². The summed E-state index contributed by atoms with van der Waals surface area (Å²) in [6.45, 7) is 0. The van der Waals surface area contributed by atoms with Crippen LogP contribution in [0.1, 0.15) is 5.56 Å². The molecule has 7 heteroatoms. The molecule has 0 saturated carbocycles. The summed E-state index contributed by atoms with van der Waals surface area (Å²) < 4.78 is 44.3. The maximum absolute atomic E-state index is 12.8. The van der Waals surface area contributed by atoms with Crippen molar-refractivity contribution in [2.75, 3.05) is 5.73 Å². The van der Waals surface area contributed by atoms with Crippen LogP contribution in [0.3, 0.4) is 0 Å². The van der Waals surface area contributed by atoms with Crippen molar-refractivity contribution < 1.29 is 17.6 Å². The lowest BCUT2D eigenvalue weighted by atomic mass is 10.1. The van der Waals surface area contributed by atoms with E-state index in [1.807, 2.05) is 0 Å². The van der Waals surface area contributed by atoms with E-state index in [1.54, 1.807) is 18.2 Å². The van der Waals surface area contributed by atoms with Gasteiger partial charge in [0.1, 0.15) is 5.52 Å². The van der Waals surface area contributed by atoms with Gasteiger partial charge in [0.2, 0.25) is 5.89 Å². The van der Waals surface area contributed by atoms with E-state index in [2.05, 4.69) is 20.9 Å². The number of aromatic nitrogens is 1. The van der Waals surface area contributed by atoms with Crippen molar-refractivity contribution >= 4 is 32.7 Å². The van der Waals surface area contributed by atoms with Crippen LogP contribution >= 0.6 is 15.9 Å². The summed E-state index contributed by atoms with van der Waals surface area (Å²) in [6, 6.07) is 8.19. The fraction of sp³-hybridized carbons (Fsp3) is 0.0714. The van der Waals surface area contributed by atoms with E-state index >= 15 is 0 Å². The van der Waals surface area contributed by atoms with Crippen LogP contribution in [-0.2, 0) is 6.18 Å². The van der Waals surface area contributed by atoms with Gasteiger partial charge in [-0.05, 0) is 46.3 Å². The lowest BCUT2D eigenvalue weighted by molar-refractivity contribution is -0.137. The van der Waals surface area contributed by atoms with Crippen molar-refractivity contribution in [1.82, 2.24) is 4.98 Å². The van der Waals surface area contributed by atoms with Crippen molar-refractivity contribution in [3.63, 3.8) is 0 Å². The van der Waals surface area contributed by atoms with Crippen molar-refractivity contribution in [1.29, 1.82) is 0 Å². The van der Waals surface area contributed by atoms with E-state index < -0.39 is 11.7 Å². The van der Waals surface area contributed by atoms with E-state index in [0.29, 0.717) is 21.3 Å². The second-order valence-corrected chi connectivity index (χ2v) is 5.29. The van der Waals surface area contributed by atoms with Crippen LogP contribution < -0.4 is 5.73 Å². The summed E-state index contributed by atoms with van der Waals surface area (Å²) in [7, 11) is 0. The average Bonchev–Trinajstić information content (AvgIpc) is 2.80. The normalized spacial score (nSPS) is 12.0. The minimum atomic E-state index is -4.42. The molecule has 2 N–H and O–H groups in total. The number of rotatable bonds is 1. The highest BCUT2D eigenvalue weighted by atomic mass is 79.9. The molecule has 0 fully saturated rings. The molecule has 3 nitrogen and oxygen atoms in total. The molecule has 0 saturated heterocycles. The molecule has 0 aliphatic heterocycles. The molecule has 3 rings (SSSR count). The summed E-state index contributed by atoms with van der Waals surface area (Å²) in [6.07, 6.45) is -4.42. The quantitative estimate of drug-likeness (QED) is 0.633. The zero-order chi connectivity index (χ0) is 15.2. The number of nitrogens with two attached hydrogens (primary N) is 1. The number of oxazole rings is 1. The lowest BCUT2D eigenvalue weighted by Gasteiger charge is -2.08. The summed E-state index contributed by atoms with van der Waals surface area (Å²) >= 11 is 3.21. The molecule has 0 unspecified atom stereocenters. The van der Waals surface area contributed by atoms with Gasteiger partial charge in [0, 0.05) is 16.2 Å². The molecule has 0 radical (unpaired) electrons. The first-order valence-electron chi connectivity index (χ1n) is 5.88. The smallest absolute Gasteiger partial charge is 0.416 e. The molecule has 1 heterocycles. The Kier molecular flexibility index (Phi) is 3.16. The number of hydrogen-bond acceptors (Lipinski definition) is 3. The van der Waals surface area contributed by atoms with Crippen LogP contribution in [0.25, 0.3) is 22.6 Å². The van der Waals surface area contributed by atoms with Gasteiger partial charge in [0.05, 0.1) is 11.1 Å². The van der Waals surface area contributed by atoms with E-state index in [9.17, 15) is 13.2 Å². The predicted molar refractivity (Wildman–Crippen MR) is 76.6 cm³/mol. The summed E-state index contributed by atoms with van der Waals surface area (Å²) in [4.78, 5) is 4.19. The van der Waals surface area contributed by atoms with Gasteiger partial charge in [-0.15, -0.1) is 0 Å². The highest BCUT2D eigenvalue weighted by Crippen LogP contribution is 2.36. The Morgan fingerprint density at radius 1 is 1.10 bits per heavy atom. The van der Waals surface area contributed by atoms with Crippen LogP contribution in [0, 0.1) is 0 Å². The Morgan fingerprint density at radius 2 is 1.86 bits per heavy atom. The summed E-state index contributed by atoms with van der Waals surface area (Å²) in [5.74, 6) is 0.105. The molecule has 0 spiro atoms. The fourth-order valence-electron chi connectivity index (χ4n) is 1.92. The Labute approximate surface area is 125 Å². The van der Waals surface area contributed by atoms with Crippen LogP contribution in [0.4, 0.5) is 18.9 Å². The molecule has 0 amide bonds. The van der Waals surface area contributed by atoms with Crippen LogP contribution in [0.5, 0.6) is 0 Å². The first-order valence-corrected chi connectivity index (χ1v) is 6.67. The van der Waals surface area contributed by atoms with Crippen LogP contribution in [0.15, 0.2) is 45.3 Å². The van der Waals surface area contributed by atoms with Gasteiger partial charge < -0.3 is 10.2 Å². The molecular weight excluding hydrogens is 349 g/mol. The number of anilines is 1. The minimum absolute atomic E-state index is 0.105. The predicted octanol–water partition coefficient (Wildman–Crippen LogP) is 4.86. The molecule has 2 aromatic carbocycles. The average molecular weight is 357 g/mol. The monoisotopic (exact) mass is 356 g/mol. The zero-order valence-corrected chi connectivity index (χ0v) is 12.0. The SMILES string of the molecule is Nc1ccc2nc(-c3cc(C(F)(F)F)ccc3Br)oc2c1. The third kappa shape index (κ3) is 2.61. The first kappa shape index (κ1) is 13.9. The summed E-state index contributed by atoms with van der Waals surface area (Å²) in [5, 5.41) is 0. The van der Waals surface area contributed by atoms with Crippen molar-refractivity contribution in [2.24, 2.45) is 0 Å². The molecule has 1 aromatic heterocycles. The van der Waals surface area contributed by atoms with Crippen molar-refractivity contribution in [3.8, 4) is 11.5 Å². The number of halogens is 4. The highest BCUT2D eigenvalue weighted by Gasteiger charge is 2.31. The van der Waals surface area contributed by atoms with E-state index in [4.69, 9.17) is 10.2 Å². The minimum Gasteiger partial charge on any atom is -0.436 e. The number of benzene rings is 2. The van der Waals surface area contributed by atoms with E-state index in [0.717, 1.165) is 12.1 Å². The number of nitrogens with zero attached hydrogens (tertiary/aromatic N) is 1. The van der Waals surface area contributed by atoms with Crippen molar-refractivity contribution in [3.05, 3.63) is 46.4 Å². The van der Waals surface area contributed by atoms with Gasteiger partial charge in [0.15, 0.2) is 5.58 Å². The molecule has 3 aromatic rings.